The third kappa shape index (κ3) is 5.53. The third-order valence-corrected chi connectivity index (χ3v) is 4.95. The normalized spacial score (nSPS) is 10.9. The van der Waals surface area contributed by atoms with Crippen LogP contribution in [0.4, 0.5) is 5.69 Å². The predicted molar refractivity (Wildman–Crippen MR) is 124 cm³/mol. The van der Waals surface area contributed by atoms with E-state index in [9.17, 15) is 9.59 Å². The topological polar surface area (TPSA) is 86.9 Å². The molecule has 0 spiro atoms. The number of benzene rings is 2. The van der Waals surface area contributed by atoms with Crippen LogP contribution in [0.5, 0.6) is 0 Å². The van der Waals surface area contributed by atoms with Gasteiger partial charge in [0.15, 0.2) is 0 Å². The first-order chi connectivity index (χ1) is 15.0. The summed E-state index contributed by atoms with van der Waals surface area (Å²) < 4.78 is 2.00. The van der Waals surface area contributed by atoms with Crippen molar-refractivity contribution in [3.63, 3.8) is 0 Å². The summed E-state index contributed by atoms with van der Waals surface area (Å²) in [6.07, 6.45) is 6.29. The van der Waals surface area contributed by atoms with E-state index in [1.165, 1.54) is 6.08 Å². The van der Waals surface area contributed by atoms with E-state index in [0.29, 0.717) is 35.8 Å². The number of hydrogen-bond acceptors (Lipinski definition) is 3. The summed E-state index contributed by atoms with van der Waals surface area (Å²) in [5.41, 5.74) is 2.58. The zero-order valence-electron chi connectivity index (χ0n) is 17.2. The number of carbonyl (C=O) groups is 2. The summed E-state index contributed by atoms with van der Waals surface area (Å²) in [4.78, 5) is 25.0. The number of hydrogen-bond donors (Lipinski definition) is 2. The molecule has 7 heteroatoms. The Balaban J connectivity index is 1.81. The van der Waals surface area contributed by atoms with E-state index >= 15 is 0 Å². The minimum Gasteiger partial charge on any atom is -0.352 e. The number of halogens is 1. The number of amides is 2. The van der Waals surface area contributed by atoms with Crippen molar-refractivity contribution in [1.82, 2.24) is 9.88 Å². The van der Waals surface area contributed by atoms with Crippen LogP contribution in [-0.4, -0.2) is 22.9 Å². The van der Waals surface area contributed by atoms with E-state index < -0.39 is 0 Å². The summed E-state index contributed by atoms with van der Waals surface area (Å²) in [6.45, 7) is 3.09. The number of carbonyl (C=O) groups excluding carboxylic acids is 2. The summed E-state index contributed by atoms with van der Waals surface area (Å²) >= 11 is 6.07. The molecule has 0 aliphatic rings. The Morgan fingerprint density at radius 3 is 2.81 bits per heavy atom. The first kappa shape index (κ1) is 22.1. The quantitative estimate of drug-likeness (QED) is 0.489. The highest BCUT2D eigenvalue weighted by atomic mass is 35.5. The highest BCUT2D eigenvalue weighted by Gasteiger charge is 2.13. The van der Waals surface area contributed by atoms with Crippen molar-refractivity contribution in [2.24, 2.45) is 0 Å². The molecule has 3 aromatic rings. The van der Waals surface area contributed by atoms with Crippen LogP contribution in [-0.2, 0) is 11.3 Å². The zero-order valence-corrected chi connectivity index (χ0v) is 17.9. The highest BCUT2D eigenvalue weighted by Crippen LogP contribution is 2.24. The summed E-state index contributed by atoms with van der Waals surface area (Å²) in [6, 6.07) is 14.7. The molecule has 6 nitrogen and oxygen atoms in total. The van der Waals surface area contributed by atoms with Gasteiger partial charge in [-0.15, -0.1) is 0 Å². The maximum Gasteiger partial charge on any atom is 0.253 e. The SMILES string of the molecule is CCCNC(=O)c1ccc(Cl)cc1NC(=O)/C=C/c1cn(CCC#N)c2ccccc12. The lowest BCUT2D eigenvalue weighted by molar-refractivity contribution is -0.111. The summed E-state index contributed by atoms with van der Waals surface area (Å²) in [5, 5.41) is 15.8. The molecule has 0 atom stereocenters. The molecule has 0 aliphatic heterocycles. The van der Waals surface area contributed by atoms with Crippen molar-refractivity contribution >= 4 is 46.1 Å². The predicted octanol–water partition coefficient (Wildman–Crippen LogP) is 5.00. The molecule has 2 aromatic carbocycles. The Morgan fingerprint density at radius 1 is 1.23 bits per heavy atom. The smallest absolute Gasteiger partial charge is 0.253 e. The van der Waals surface area contributed by atoms with Crippen molar-refractivity contribution < 1.29 is 9.59 Å². The average Bonchev–Trinajstić information content (AvgIpc) is 3.12. The van der Waals surface area contributed by atoms with Crippen LogP contribution in [0.3, 0.4) is 0 Å². The molecule has 0 fully saturated rings. The van der Waals surface area contributed by atoms with Crippen LogP contribution < -0.4 is 10.6 Å². The monoisotopic (exact) mass is 434 g/mol. The Morgan fingerprint density at radius 2 is 2.03 bits per heavy atom. The third-order valence-electron chi connectivity index (χ3n) is 4.72. The van der Waals surface area contributed by atoms with E-state index in [2.05, 4.69) is 16.7 Å². The Bertz CT molecular complexity index is 1170. The molecule has 1 heterocycles. The number of anilines is 1. The number of nitrogens with one attached hydrogen (secondary N) is 2. The Kier molecular flexibility index (Phi) is 7.47. The van der Waals surface area contributed by atoms with Gasteiger partial charge in [-0.2, -0.15) is 5.26 Å². The lowest BCUT2D eigenvalue weighted by Gasteiger charge is -2.10. The second-order valence-corrected chi connectivity index (χ2v) is 7.41. The highest BCUT2D eigenvalue weighted by molar-refractivity contribution is 6.31. The van der Waals surface area contributed by atoms with Gasteiger partial charge in [0.05, 0.1) is 23.7 Å². The molecule has 3 rings (SSSR count). The van der Waals surface area contributed by atoms with Crippen LogP contribution in [0.2, 0.25) is 5.02 Å². The number of rotatable bonds is 8. The minimum absolute atomic E-state index is 0.265. The van der Waals surface area contributed by atoms with Crippen molar-refractivity contribution in [2.75, 3.05) is 11.9 Å². The molecular formula is C24H23ClN4O2. The second kappa shape index (κ2) is 10.5. The van der Waals surface area contributed by atoms with Crippen molar-refractivity contribution in [3.8, 4) is 6.07 Å². The second-order valence-electron chi connectivity index (χ2n) is 6.97. The van der Waals surface area contributed by atoms with Gasteiger partial charge >= 0.3 is 0 Å². The van der Waals surface area contributed by atoms with Gasteiger partial charge in [0, 0.05) is 46.9 Å². The standard InChI is InChI=1S/C24H23ClN4O2/c1-2-13-27-24(31)20-10-9-18(25)15-21(20)28-23(30)11-8-17-16-29(14-5-12-26)22-7-4-3-6-19(17)22/h3-4,6-11,15-16H,2,5,13-14H2,1H3,(H,27,31)(H,28,30)/b11-8+. The van der Waals surface area contributed by atoms with Crippen LogP contribution in [0.15, 0.2) is 54.7 Å². The largest absolute Gasteiger partial charge is 0.352 e. The molecule has 0 radical (unpaired) electrons. The molecule has 0 saturated carbocycles. The first-order valence-corrected chi connectivity index (χ1v) is 10.4. The fourth-order valence-corrected chi connectivity index (χ4v) is 3.43. The first-order valence-electron chi connectivity index (χ1n) is 10.0. The molecule has 0 bridgehead atoms. The van der Waals surface area contributed by atoms with Gasteiger partial charge in [-0.05, 0) is 36.8 Å². The van der Waals surface area contributed by atoms with Crippen LogP contribution in [0.1, 0.15) is 35.7 Å². The van der Waals surface area contributed by atoms with Crippen molar-refractivity contribution in [3.05, 3.63) is 70.9 Å². The molecular weight excluding hydrogens is 412 g/mol. The number of aromatic nitrogens is 1. The van der Waals surface area contributed by atoms with E-state index in [1.54, 1.807) is 24.3 Å². The molecule has 1 aromatic heterocycles. The molecule has 31 heavy (non-hydrogen) atoms. The molecule has 0 unspecified atom stereocenters. The molecule has 2 N–H and O–H groups in total. The van der Waals surface area contributed by atoms with Crippen molar-refractivity contribution in [2.45, 2.75) is 26.3 Å². The number of fused-ring (bicyclic) bond motifs is 1. The van der Waals surface area contributed by atoms with Crippen LogP contribution in [0, 0.1) is 11.3 Å². The van der Waals surface area contributed by atoms with E-state index in [-0.39, 0.29) is 11.8 Å². The Labute approximate surface area is 186 Å². The van der Waals surface area contributed by atoms with E-state index in [1.807, 2.05) is 42.0 Å². The van der Waals surface area contributed by atoms with Gasteiger partial charge in [0.1, 0.15) is 0 Å². The van der Waals surface area contributed by atoms with Gasteiger partial charge in [0.25, 0.3) is 5.91 Å². The van der Waals surface area contributed by atoms with Gasteiger partial charge in [-0.1, -0.05) is 36.7 Å². The van der Waals surface area contributed by atoms with Crippen LogP contribution >= 0.6 is 11.6 Å². The number of nitriles is 1. The average molecular weight is 435 g/mol. The lowest BCUT2D eigenvalue weighted by Crippen LogP contribution is -2.25. The maximum atomic E-state index is 12.6. The zero-order chi connectivity index (χ0) is 22.2. The van der Waals surface area contributed by atoms with E-state index in [4.69, 9.17) is 16.9 Å². The van der Waals surface area contributed by atoms with Gasteiger partial charge in [-0.3, -0.25) is 9.59 Å². The maximum absolute atomic E-state index is 12.6. The lowest BCUT2D eigenvalue weighted by atomic mass is 10.1. The van der Waals surface area contributed by atoms with Crippen LogP contribution in [0.25, 0.3) is 17.0 Å². The van der Waals surface area contributed by atoms with Crippen molar-refractivity contribution in [1.29, 1.82) is 5.26 Å². The van der Waals surface area contributed by atoms with Gasteiger partial charge in [-0.25, -0.2) is 0 Å². The fraction of sp³-hybridized carbons (Fsp3) is 0.208. The molecule has 0 saturated heterocycles. The number of nitrogens with zero attached hydrogens (tertiary/aromatic N) is 2. The molecule has 2 amide bonds. The van der Waals surface area contributed by atoms with Gasteiger partial charge < -0.3 is 15.2 Å². The molecule has 158 valence electrons. The minimum atomic E-state index is -0.374. The number of para-hydroxylation sites is 1. The summed E-state index contributed by atoms with van der Waals surface area (Å²) in [7, 11) is 0. The van der Waals surface area contributed by atoms with Gasteiger partial charge in [0.2, 0.25) is 5.91 Å². The van der Waals surface area contributed by atoms with E-state index in [0.717, 1.165) is 22.9 Å². The molecule has 0 aliphatic carbocycles. The summed E-state index contributed by atoms with van der Waals surface area (Å²) in [5.74, 6) is -0.640. The number of aryl methyl sites for hydroxylation is 1. The Hall–Kier alpha value is -3.56. The fourth-order valence-electron chi connectivity index (χ4n) is 3.25.